The summed E-state index contributed by atoms with van der Waals surface area (Å²) in [6, 6.07) is -0.800. The van der Waals surface area contributed by atoms with Crippen LogP contribution in [0.4, 0.5) is 4.79 Å². The van der Waals surface area contributed by atoms with Crippen LogP contribution in [0.25, 0.3) is 0 Å². The van der Waals surface area contributed by atoms with Gasteiger partial charge >= 0.3 is 12.0 Å². The third-order valence-electron chi connectivity index (χ3n) is 6.08. The van der Waals surface area contributed by atoms with Crippen LogP contribution >= 0.6 is 10.6 Å². The Labute approximate surface area is 193 Å². The Morgan fingerprint density at radius 1 is 1.00 bits per heavy atom. The molecule has 5 amide bonds. The van der Waals surface area contributed by atoms with E-state index in [-0.39, 0.29) is 49.0 Å². The summed E-state index contributed by atoms with van der Waals surface area (Å²) in [5.41, 5.74) is 0. The van der Waals surface area contributed by atoms with Gasteiger partial charge in [-0.15, -0.1) is 5.06 Å². The first-order valence-corrected chi connectivity index (χ1v) is 13.1. The molecule has 0 saturated carbocycles. The van der Waals surface area contributed by atoms with Crippen molar-refractivity contribution in [2.45, 2.75) is 81.5 Å². The predicted molar refractivity (Wildman–Crippen MR) is 118 cm³/mol. The van der Waals surface area contributed by atoms with Crippen molar-refractivity contribution in [2.24, 2.45) is 0 Å². The molecule has 3 atom stereocenters. The second-order valence-corrected chi connectivity index (χ2v) is 11.0. The van der Waals surface area contributed by atoms with Crippen LogP contribution in [0.15, 0.2) is 0 Å². The number of hydrogen-bond acceptors (Lipinski definition) is 8. The zero-order chi connectivity index (χ0) is 24.0. The fraction of sp³-hybridized carbons (Fsp3) is 0.750. The Hall–Kier alpha value is -2.38. The Morgan fingerprint density at radius 3 is 2.42 bits per heavy atom. The van der Waals surface area contributed by atoms with Gasteiger partial charge in [0, 0.05) is 32.2 Å². The number of carbonyl (C=O) groups is 5. The molecule has 0 radical (unpaired) electrons. The maximum Gasteiger partial charge on any atom is 0.333 e. The highest BCUT2D eigenvalue weighted by atomic mass is 32.3. The molecule has 3 aliphatic heterocycles. The van der Waals surface area contributed by atoms with E-state index in [1.165, 1.54) is 0 Å². The van der Waals surface area contributed by atoms with E-state index in [2.05, 4.69) is 16.0 Å². The fourth-order valence-electron chi connectivity index (χ4n) is 4.36. The van der Waals surface area contributed by atoms with Crippen LogP contribution in [0, 0.1) is 0 Å². The van der Waals surface area contributed by atoms with Gasteiger partial charge in [0.15, 0.2) is 0 Å². The first kappa shape index (κ1) is 25.2. The van der Waals surface area contributed by atoms with E-state index >= 15 is 0 Å². The van der Waals surface area contributed by atoms with Gasteiger partial charge in [-0.25, -0.2) is 9.59 Å². The van der Waals surface area contributed by atoms with Crippen LogP contribution in [0.5, 0.6) is 0 Å². The molecule has 186 valence electrons. The molecule has 0 aromatic heterocycles. The molecule has 13 heteroatoms. The second kappa shape index (κ2) is 11.2. The largest absolute Gasteiger partial charge is 0.356 e. The number of fused-ring (bicyclic) bond motifs is 1. The minimum Gasteiger partial charge on any atom is -0.356 e. The number of unbranched alkanes of at least 4 members (excludes halogenated alkanes) is 3. The van der Waals surface area contributed by atoms with Gasteiger partial charge in [-0.1, -0.05) is 12.8 Å². The van der Waals surface area contributed by atoms with E-state index in [0.29, 0.717) is 56.6 Å². The maximum absolute atomic E-state index is 12.0. The van der Waals surface area contributed by atoms with Gasteiger partial charge in [0.2, 0.25) is 5.91 Å². The van der Waals surface area contributed by atoms with Crippen molar-refractivity contribution in [1.82, 2.24) is 21.0 Å². The maximum atomic E-state index is 12.0. The Balaban J connectivity index is 1.19. The molecule has 0 aromatic carbocycles. The number of nitrogens with one attached hydrogen (secondary N) is 3. The van der Waals surface area contributed by atoms with Gasteiger partial charge in [0.05, 0.1) is 23.1 Å². The second-order valence-electron chi connectivity index (χ2n) is 8.62. The van der Waals surface area contributed by atoms with Crippen LogP contribution in [0.2, 0.25) is 0 Å². The monoisotopic (exact) mass is 488 g/mol. The number of nitrogens with zero attached hydrogens (tertiary/aromatic N) is 1. The van der Waals surface area contributed by atoms with E-state index in [9.17, 15) is 33.1 Å². The number of imide groups is 1. The van der Waals surface area contributed by atoms with Gasteiger partial charge in [-0.05, 0) is 25.7 Å². The average molecular weight is 489 g/mol. The Bertz CT molecular complexity index is 776. The van der Waals surface area contributed by atoms with E-state index < -0.39 is 33.6 Å². The van der Waals surface area contributed by atoms with Crippen LogP contribution in [0.1, 0.15) is 64.2 Å². The molecule has 12 nitrogen and oxygen atoms in total. The van der Waals surface area contributed by atoms with Crippen molar-refractivity contribution < 1.29 is 37.9 Å². The number of hydrogen-bond donors (Lipinski definition) is 5. The van der Waals surface area contributed by atoms with Crippen LogP contribution in [0.3, 0.4) is 0 Å². The molecule has 3 saturated heterocycles. The zero-order valence-corrected chi connectivity index (χ0v) is 19.2. The van der Waals surface area contributed by atoms with Gasteiger partial charge < -0.3 is 20.8 Å². The lowest BCUT2D eigenvalue weighted by molar-refractivity contribution is -0.197. The van der Waals surface area contributed by atoms with Crippen molar-refractivity contribution in [3.63, 3.8) is 0 Å². The molecule has 33 heavy (non-hydrogen) atoms. The standard InChI is InChI=1S/C20H32N4O8S/c25-15(7-4-3-6-14-19-13(12-33(14,30)31)22-20(29)23-19)21-11-5-1-2-8-18(28)32-24-16(26)9-10-17(24)27/h13-14,19,30-31H,1-12H2,(H,21,25)(H2,22,23,29)/t13-,14-,19-/m0/s1. The number of rotatable bonds is 12. The van der Waals surface area contributed by atoms with Crippen molar-refractivity contribution in [1.29, 1.82) is 0 Å². The molecule has 0 spiro atoms. The molecule has 3 heterocycles. The minimum atomic E-state index is -2.76. The van der Waals surface area contributed by atoms with Crippen molar-refractivity contribution in [3.8, 4) is 0 Å². The normalized spacial score (nSPS) is 26.5. The smallest absolute Gasteiger partial charge is 0.333 e. The first-order chi connectivity index (χ1) is 15.7. The summed E-state index contributed by atoms with van der Waals surface area (Å²) in [5.74, 6) is -1.54. The lowest BCUT2D eigenvalue weighted by atomic mass is 10.0. The van der Waals surface area contributed by atoms with E-state index in [0.717, 1.165) is 0 Å². The van der Waals surface area contributed by atoms with E-state index in [4.69, 9.17) is 4.84 Å². The van der Waals surface area contributed by atoms with Gasteiger partial charge in [0.1, 0.15) is 0 Å². The molecule has 3 fully saturated rings. The quantitative estimate of drug-likeness (QED) is 0.154. The number of carbonyl (C=O) groups excluding carboxylic acids is 5. The van der Waals surface area contributed by atoms with Crippen LogP contribution < -0.4 is 16.0 Å². The highest BCUT2D eigenvalue weighted by Gasteiger charge is 2.51. The highest BCUT2D eigenvalue weighted by molar-refractivity contribution is 8.25. The predicted octanol–water partition coefficient (Wildman–Crippen LogP) is 1.01. The Morgan fingerprint density at radius 2 is 1.70 bits per heavy atom. The number of hydroxylamine groups is 2. The summed E-state index contributed by atoms with van der Waals surface area (Å²) in [6.45, 7) is 0.474. The van der Waals surface area contributed by atoms with E-state index in [1.807, 2.05) is 0 Å². The molecule has 0 aliphatic carbocycles. The topological polar surface area (TPSA) is 174 Å². The lowest BCUT2D eigenvalue weighted by Crippen LogP contribution is -2.38. The molecule has 0 aromatic rings. The van der Waals surface area contributed by atoms with Crippen molar-refractivity contribution >= 4 is 40.3 Å². The summed E-state index contributed by atoms with van der Waals surface area (Å²) < 4.78 is 20.6. The average Bonchev–Trinajstić information content (AvgIpc) is 3.32. The molecular weight excluding hydrogens is 456 g/mol. The minimum absolute atomic E-state index is 0.0633. The third kappa shape index (κ3) is 6.81. The summed E-state index contributed by atoms with van der Waals surface area (Å²) in [4.78, 5) is 62.7. The molecule has 0 unspecified atom stereocenters. The lowest BCUT2D eigenvalue weighted by Gasteiger charge is -2.35. The van der Waals surface area contributed by atoms with Crippen molar-refractivity contribution in [2.75, 3.05) is 12.3 Å². The summed E-state index contributed by atoms with van der Waals surface area (Å²) in [5, 5.41) is 8.42. The highest BCUT2D eigenvalue weighted by Crippen LogP contribution is 2.54. The molecule has 3 rings (SSSR count). The third-order valence-corrected chi connectivity index (χ3v) is 8.43. The molecule has 5 N–H and O–H groups in total. The Kier molecular flexibility index (Phi) is 8.54. The van der Waals surface area contributed by atoms with Crippen molar-refractivity contribution in [3.05, 3.63) is 0 Å². The number of amides is 5. The van der Waals surface area contributed by atoms with E-state index in [1.54, 1.807) is 0 Å². The summed E-state index contributed by atoms with van der Waals surface area (Å²) in [6.07, 6.45) is 4.21. The summed E-state index contributed by atoms with van der Waals surface area (Å²) >= 11 is 0. The molecule has 0 bridgehead atoms. The van der Waals surface area contributed by atoms with Gasteiger partial charge in [-0.3, -0.25) is 23.5 Å². The first-order valence-electron chi connectivity index (χ1n) is 11.3. The van der Waals surface area contributed by atoms with Gasteiger partial charge in [0.25, 0.3) is 11.8 Å². The zero-order valence-electron chi connectivity index (χ0n) is 18.4. The molecular formula is C20H32N4O8S. The van der Waals surface area contributed by atoms with Gasteiger partial charge in [-0.2, -0.15) is 10.6 Å². The molecule has 3 aliphatic rings. The number of urea groups is 1. The SMILES string of the molecule is O=C(CCCC[C@H]1[C@H]2NC(=O)N[C@H]2CS1(O)O)NCCCCCC(=O)ON1C(=O)CCC1=O. The van der Waals surface area contributed by atoms with Crippen LogP contribution in [-0.2, 0) is 24.0 Å². The van der Waals surface area contributed by atoms with Crippen LogP contribution in [-0.4, -0.2) is 73.5 Å². The summed E-state index contributed by atoms with van der Waals surface area (Å²) in [7, 11) is -2.76. The fourth-order valence-corrected chi connectivity index (χ4v) is 6.70.